The molecule has 4 N–H and O–H groups in total. The highest BCUT2D eigenvalue weighted by atomic mass is 18.2. The number of aromatic carboxylic acids is 2. The zero-order valence-electron chi connectivity index (χ0n) is 24.3. The SMILES string of the molecule is C.N#Cc1ccc([N+](=O)[O-])cc1[18F].N#Cc1ccc([N+](=O)[O-])cc1[N+](=O)[O-].Nc1ccc(C(=O)O)c([18F])c1.O=C(O)c1ccc([N+](=O)[O-])cc1[18F]. The molecule has 264 valence electrons. The summed E-state index contributed by atoms with van der Waals surface area (Å²) >= 11 is 0. The number of carboxylic acid groups (broad SMARTS) is 2. The van der Waals surface area contributed by atoms with Crippen LogP contribution >= 0.6 is 0 Å². The average Bonchev–Trinajstić information content (AvgIpc) is 3.04. The van der Waals surface area contributed by atoms with Crippen molar-refractivity contribution in [1.82, 2.24) is 0 Å². The fraction of sp³-hybridized carbons (Fsp3) is 0.0345. The molecule has 0 radical (unpaired) electrons. The Morgan fingerprint density at radius 2 is 0.961 bits per heavy atom. The number of carbonyl (C=O) groups is 2. The lowest BCUT2D eigenvalue weighted by atomic mass is 10.2. The van der Waals surface area contributed by atoms with E-state index >= 15 is 0 Å². The van der Waals surface area contributed by atoms with Crippen LogP contribution in [0.25, 0.3) is 0 Å². The Kier molecular flexibility index (Phi) is 16.5. The molecule has 0 fully saturated rings. The molecule has 4 aromatic rings. The molecule has 0 amide bonds. The number of nitrogen functional groups attached to an aromatic ring is 1. The number of non-ortho nitro benzene ring substituents is 3. The predicted octanol–water partition coefficient (Wildman–Crippen LogP) is 6.15. The summed E-state index contributed by atoms with van der Waals surface area (Å²) in [5.74, 6) is -5.53. The molecule has 0 heterocycles. The molecule has 4 rings (SSSR count). The van der Waals surface area contributed by atoms with E-state index in [0.717, 1.165) is 60.7 Å². The Bertz CT molecular complexity index is 2080. The number of halogens is 3. The first kappa shape index (κ1) is 43.0. The summed E-state index contributed by atoms with van der Waals surface area (Å²) in [5, 5.41) is 74.4. The molecule has 0 bridgehead atoms. The zero-order valence-corrected chi connectivity index (χ0v) is 24.3. The smallest absolute Gasteiger partial charge is 0.338 e. The van der Waals surface area contributed by atoms with Gasteiger partial charge in [-0.2, -0.15) is 10.5 Å². The van der Waals surface area contributed by atoms with Gasteiger partial charge in [-0.05, 0) is 36.4 Å². The molecule has 0 spiro atoms. The predicted molar refractivity (Wildman–Crippen MR) is 167 cm³/mol. The molecule has 0 atom stereocenters. The summed E-state index contributed by atoms with van der Waals surface area (Å²) in [4.78, 5) is 58.3. The second-order valence-corrected chi connectivity index (χ2v) is 8.63. The summed E-state index contributed by atoms with van der Waals surface area (Å²) in [6.07, 6.45) is 0. The summed E-state index contributed by atoms with van der Waals surface area (Å²) in [5.41, 5.74) is 2.30. The Balaban J connectivity index is 0.000000652. The molecule has 0 aromatic heterocycles. The molecule has 0 aliphatic rings. The van der Waals surface area contributed by atoms with E-state index in [9.17, 15) is 63.2 Å². The first-order chi connectivity index (χ1) is 23.3. The number of carboxylic acids is 2. The van der Waals surface area contributed by atoms with Gasteiger partial charge in [-0.3, -0.25) is 40.5 Å². The molecule has 19 nitrogen and oxygen atoms in total. The number of nitro benzene ring substituents is 4. The topological polar surface area (TPSA) is 321 Å². The maximum absolute atomic E-state index is 12.8. The van der Waals surface area contributed by atoms with Crippen molar-refractivity contribution in [2.75, 3.05) is 5.73 Å². The highest BCUT2D eigenvalue weighted by molar-refractivity contribution is 5.88. The molecule has 0 aliphatic heterocycles. The van der Waals surface area contributed by atoms with Crippen molar-refractivity contribution in [3.05, 3.63) is 153 Å². The fourth-order valence-corrected chi connectivity index (χ4v) is 3.08. The van der Waals surface area contributed by atoms with Gasteiger partial charge in [-0.25, -0.2) is 22.8 Å². The quantitative estimate of drug-likeness (QED) is 0.114. The standard InChI is InChI=1S/C7H3FN2O2.C7H4FNO4.C7H6FNO2.C7H3N3O4.CH4/c8-7-3-6(10(11)12)2-1-5(7)4-9;8-6-3-4(9(12)13)1-2-5(6)7(10)11;8-6-3-4(9)1-2-5(6)7(10)11;8-4-5-1-2-6(9(11)12)3-7(5)10(13)14;/h1-3H;1-3H,(H,10,11);1-3H,9H2,(H,10,11);1-3H;1H4/i3*8-1;;. The number of rotatable bonds is 6. The van der Waals surface area contributed by atoms with Crippen molar-refractivity contribution in [1.29, 1.82) is 10.5 Å². The van der Waals surface area contributed by atoms with Gasteiger partial charge < -0.3 is 15.9 Å². The van der Waals surface area contributed by atoms with E-state index < -0.39 is 71.7 Å². The van der Waals surface area contributed by atoms with Crippen LogP contribution in [0.4, 0.5) is 41.6 Å². The third kappa shape index (κ3) is 13.0. The zero-order chi connectivity index (χ0) is 38.3. The maximum Gasteiger partial charge on any atom is 0.338 e. The lowest BCUT2D eigenvalue weighted by Crippen LogP contribution is -2.01. The average molecular weight is 713 g/mol. The van der Waals surface area contributed by atoms with Crippen molar-refractivity contribution >= 4 is 40.4 Å². The monoisotopic (exact) mass is 712 g/mol. The van der Waals surface area contributed by atoms with Crippen molar-refractivity contribution in [2.45, 2.75) is 7.43 Å². The summed E-state index contributed by atoms with van der Waals surface area (Å²) in [6.45, 7) is 0. The third-order valence-corrected chi connectivity index (χ3v) is 5.41. The molecular formula is C29H20F3N7O12. The van der Waals surface area contributed by atoms with Gasteiger partial charge in [0, 0.05) is 23.9 Å². The Labute approximate surface area is 282 Å². The van der Waals surface area contributed by atoms with E-state index in [1.54, 1.807) is 12.1 Å². The van der Waals surface area contributed by atoms with Gasteiger partial charge >= 0.3 is 11.9 Å². The molecule has 4 aromatic carbocycles. The first-order valence-electron chi connectivity index (χ1n) is 12.5. The minimum absolute atomic E-state index is 0. The van der Waals surface area contributed by atoms with Gasteiger partial charge in [0.1, 0.15) is 35.2 Å². The van der Waals surface area contributed by atoms with Crippen LogP contribution in [-0.4, -0.2) is 41.8 Å². The number of hydrogen-bond acceptors (Lipinski definition) is 13. The van der Waals surface area contributed by atoms with Crippen molar-refractivity contribution in [2.24, 2.45) is 0 Å². The molecule has 0 saturated carbocycles. The van der Waals surface area contributed by atoms with Crippen LogP contribution in [-0.2, 0) is 0 Å². The number of hydrogen-bond donors (Lipinski definition) is 3. The lowest BCUT2D eigenvalue weighted by molar-refractivity contribution is -0.394. The molecular weight excluding hydrogens is 692 g/mol. The minimum Gasteiger partial charge on any atom is -0.478 e. The van der Waals surface area contributed by atoms with Gasteiger partial charge in [0.25, 0.3) is 22.7 Å². The van der Waals surface area contributed by atoms with Crippen LogP contribution < -0.4 is 5.73 Å². The number of benzene rings is 4. The van der Waals surface area contributed by atoms with Gasteiger partial charge in [0.05, 0.1) is 54.6 Å². The van der Waals surface area contributed by atoms with E-state index in [-0.39, 0.29) is 35.5 Å². The number of nitrogens with two attached hydrogens (primary N) is 1. The van der Waals surface area contributed by atoms with Crippen LogP contribution in [0.2, 0.25) is 0 Å². The van der Waals surface area contributed by atoms with Crippen molar-refractivity contribution in [3.63, 3.8) is 0 Å². The number of nitrogens with zero attached hydrogens (tertiary/aromatic N) is 6. The highest BCUT2D eigenvalue weighted by Crippen LogP contribution is 2.23. The largest absolute Gasteiger partial charge is 0.478 e. The summed E-state index contributed by atoms with van der Waals surface area (Å²) in [7, 11) is 0. The van der Waals surface area contributed by atoms with Crippen LogP contribution in [0, 0.1) is 80.6 Å². The van der Waals surface area contributed by atoms with Crippen LogP contribution in [0.1, 0.15) is 39.3 Å². The van der Waals surface area contributed by atoms with E-state index in [2.05, 4.69) is 0 Å². The molecule has 22 heteroatoms. The molecule has 0 unspecified atom stereocenters. The van der Waals surface area contributed by atoms with E-state index in [1.807, 2.05) is 0 Å². The number of nitriles is 2. The van der Waals surface area contributed by atoms with Gasteiger partial charge in [-0.1, -0.05) is 7.43 Å². The number of nitro groups is 4. The fourth-order valence-electron chi connectivity index (χ4n) is 3.08. The Morgan fingerprint density at radius 3 is 1.31 bits per heavy atom. The first-order valence-corrected chi connectivity index (χ1v) is 12.5. The highest BCUT2D eigenvalue weighted by Gasteiger charge is 2.19. The lowest BCUT2D eigenvalue weighted by Gasteiger charge is -1.96. The molecule has 0 aliphatic carbocycles. The second kappa shape index (κ2) is 19.6. The normalized spacial score (nSPS) is 9.12. The molecule has 51 heavy (non-hydrogen) atoms. The van der Waals surface area contributed by atoms with Crippen molar-refractivity contribution < 1.29 is 52.7 Å². The Hall–Kier alpha value is -8.01. The van der Waals surface area contributed by atoms with E-state index in [4.69, 9.17) is 26.5 Å². The maximum atomic E-state index is 12.8. The Morgan fingerprint density at radius 1 is 0.588 bits per heavy atom. The summed E-state index contributed by atoms with van der Waals surface area (Å²) in [6, 6.07) is 14.7. The van der Waals surface area contributed by atoms with Crippen LogP contribution in [0.5, 0.6) is 0 Å². The molecule has 0 saturated heterocycles. The van der Waals surface area contributed by atoms with Gasteiger partial charge in [-0.15, -0.1) is 0 Å². The second-order valence-electron chi connectivity index (χ2n) is 8.63. The van der Waals surface area contributed by atoms with Gasteiger partial charge in [0.15, 0.2) is 0 Å². The summed E-state index contributed by atoms with van der Waals surface area (Å²) < 4.78 is 38.1. The number of anilines is 1. The van der Waals surface area contributed by atoms with Crippen LogP contribution in [0.15, 0.2) is 72.8 Å². The van der Waals surface area contributed by atoms with Gasteiger partial charge in [0.2, 0.25) is 0 Å². The van der Waals surface area contributed by atoms with Crippen molar-refractivity contribution in [3.8, 4) is 12.1 Å². The third-order valence-electron chi connectivity index (χ3n) is 5.41. The van der Waals surface area contributed by atoms with E-state index in [0.29, 0.717) is 6.07 Å². The minimum atomic E-state index is -1.45. The van der Waals surface area contributed by atoms with Crippen LogP contribution in [0.3, 0.4) is 0 Å². The van der Waals surface area contributed by atoms with E-state index in [1.165, 1.54) is 6.07 Å².